The molecule has 0 fully saturated rings. The second-order valence-corrected chi connectivity index (χ2v) is 7.58. The fourth-order valence-corrected chi connectivity index (χ4v) is 2.86. The van der Waals surface area contributed by atoms with Gasteiger partial charge in [-0.25, -0.2) is 12.7 Å². The highest BCUT2D eigenvalue weighted by Gasteiger charge is 2.17. The molecule has 2 aromatic carbocycles. The van der Waals surface area contributed by atoms with Crippen LogP contribution >= 0.6 is 11.6 Å². The molecule has 0 aromatic heterocycles. The Bertz CT molecular complexity index is 787. The number of hydrogen-bond donors (Lipinski definition) is 0. The number of sulfonamides is 1. The first-order chi connectivity index (χ1) is 10.9. The average molecular weight is 353 g/mol. The van der Waals surface area contributed by atoms with E-state index >= 15 is 0 Å². The zero-order valence-electron chi connectivity index (χ0n) is 12.8. The molecule has 0 radical (unpaired) electrons. The molecule has 0 spiro atoms. The smallest absolute Gasteiger partial charge is 0.242 e. The molecule has 0 N–H and O–H groups in total. The molecule has 0 atom stereocenters. The van der Waals surface area contributed by atoms with E-state index in [-0.39, 0.29) is 11.5 Å². The highest BCUT2D eigenvalue weighted by atomic mass is 35.5. The molecule has 0 aliphatic heterocycles. The summed E-state index contributed by atoms with van der Waals surface area (Å²) in [6.07, 6.45) is 1.57. The van der Waals surface area contributed by atoms with E-state index in [0.29, 0.717) is 5.02 Å². The van der Waals surface area contributed by atoms with Crippen LogP contribution in [0.5, 0.6) is 0 Å². The highest BCUT2D eigenvalue weighted by molar-refractivity contribution is 7.89. The molecule has 0 saturated carbocycles. The topological polar surface area (TPSA) is 59.0 Å². The first kappa shape index (κ1) is 17.5. The number of nitrogens with zero attached hydrogens (tertiary/aromatic N) is 2. The maximum Gasteiger partial charge on any atom is 0.242 e. The Kier molecular flexibility index (Phi) is 5.76. The van der Waals surface area contributed by atoms with Crippen molar-refractivity contribution in [2.75, 3.05) is 14.1 Å². The van der Waals surface area contributed by atoms with Gasteiger partial charge in [-0.2, -0.15) is 0 Å². The fourth-order valence-electron chi connectivity index (χ4n) is 1.77. The Morgan fingerprint density at radius 1 is 1.17 bits per heavy atom. The molecule has 0 heterocycles. The van der Waals surface area contributed by atoms with Crippen molar-refractivity contribution in [3.8, 4) is 0 Å². The van der Waals surface area contributed by atoms with Crippen LogP contribution in [0.4, 0.5) is 0 Å². The van der Waals surface area contributed by atoms with Crippen molar-refractivity contribution in [2.24, 2.45) is 5.16 Å². The van der Waals surface area contributed by atoms with Crippen LogP contribution < -0.4 is 0 Å². The van der Waals surface area contributed by atoms with Gasteiger partial charge in [-0.15, -0.1) is 0 Å². The minimum atomic E-state index is -3.45. The minimum absolute atomic E-state index is 0.181. The van der Waals surface area contributed by atoms with E-state index < -0.39 is 10.0 Å². The number of rotatable bonds is 6. The van der Waals surface area contributed by atoms with E-state index in [1.807, 2.05) is 12.1 Å². The molecular formula is C16H17ClN2O3S. The SMILES string of the molecule is CN(C)S(=O)(=O)c1cccc(CO/N=C/c2ccc(Cl)cc2)c1. The third-order valence-electron chi connectivity index (χ3n) is 3.05. The van der Waals surface area contributed by atoms with Gasteiger partial charge in [-0.1, -0.05) is 41.0 Å². The van der Waals surface area contributed by atoms with Crippen molar-refractivity contribution < 1.29 is 13.3 Å². The van der Waals surface area contributed by atoms with Crippen molar-refractivity contribution >= 4 is 27.8 Å². The molecule has 23 heavy (non-hydrogen) atoms. The van der Waals surface area contributed by atoms with E-state index in [1.165, 1.54) is 18.4 Å². The van der Waals surface area contributed by atoms with Gasteiger partial charge >= 0.3 is 0 Å². The van der Waals surface area contributed by atoms with E-state index in [4.69, 9.17) is 16.4 Å². The van der Waals surface area contributed by atoms with Gasteiger partial charge in [0.05, 0.1) is 11.1 Å². The van der Waals surface area contributed by atoms with Crippen LogP contribution in [0.15, 0.2) is 58.6 Å². The number of halogens is 1. The molecular weight excluding hydrogens is 336 g/mol. The van der Waals surface area contributed by atoms with Gasteiger partial charge in [0.1, 0.15) is 6.61 Å². The van der Waals surface area contributed by atoms with Gasteiger partial charge < -0.3 is 4.84 Å². The van der Waals surface area contributed by atoms with E-state index in [9.17, 15) is 8.42 Å². The van der Waals surface area contributed by atoms with Crippen LogP contribution in [0.3, 0.4) is 0 Å². The lowest BCUT2D eigenvalue weighted by atomic mass is 10.2. The highest BCUT2D eigenvalue weighted by Crippen LogP contribution is 2.15. The van der Waals surface area contributed by atoms with Crippen LogP contribution in [0, 0.1) is 0 Å². The molecule has 2 aromatic rings. The summed E-state index contributed by atoms with van der Waals surface area (Å²) >= 11 is 5.80. The summed E-state index contributed by atoms with van der Waals surface area (Å²) in [7, 11) is -0.460. The first-order valence-corrected chi connectivity index (χ1v) is 8.64. The van der Waals surface area contributed by atoms with Gasteiger partial charge in [-0.05, 0) is 35.4 Å². The maximum atomic E-state index is 12.1. The van der Waals surface area contributed by atoms with Crippen LogP contribution in [-0.4, -0.2) is 33.0 Å². The molecule has 0 saturated heterocycles. The Hall–Kier alpha value is -1.89. The molecule has 122 valence electrons. The molecule has 7 heteroatoms. The van der Waals surface area contributed by atoms with Crippen molar-refractivity contribution in [2.45, 2.75) is 11.5 Å². The summed E-state index contributed by atoms with van der Waals surface area (Å²) in [4.78, 5) is 5.44. The standard InChI is InChI=1S/C16H17ClN2O3S/c1-19(2)23(20,21)16-5-3-4-14(10-16)12-22-18-11-13-6-8-15(17)9-7-13/h3-11H,12H2,1-2H3/b18-11+. The van der Waals surface area contributed by atoms with Crippen LogP contribution in [0.25, 0.3) is 0 Å². The predicted molar refractivity (Wildman–Crippen MR) is 91.1 cm³/mol. The summed E-state index contributed by atoms with van der Waals surface area (Å²) < 4.78 is 25.3. The largest absolute Gasteiger partial charge is 0.391 e. The summed E-state index contributed by atoms with van der Waals surface area (Å²) in [6, 6.07) is 13.8. The lowest BCUT2D eigenvalue weighted by Gasteiger charge is -2.11. The second kappa shape index (κ2) is 7.59. The van der Waals surface area contributed by atoms with Crippen molar-refractivity contribution in [1.82, 2.24) is 4.31 Å². The van der Waals surface area contributed by atoms with E-state index in [1.54, 1.807) is 42.6 Å². The number of oxime groups is 1. The summed E-state index contributed by atoms with van der Waals surface area (Å²) in [5.74, 6) is 0. The minimum Gasteiger partial charge on any atom is -0.391 e. The van der Waals surface area contributed by atoms with Crippen LogP contribution in [-0.2, 0) is 21.5 Å². The third kappa shape index (κ3) is 4.79. The number of benzene rings is 2. The Balaban J connectivity index is 2.00. The van der Waals surface area contributed by atoms with E-state index in [0.717, 1.165) is 11.1 Å². The molecule has 0 amide bonds. The predicted octanol–water partition coefficient (Wildman–Crippen LogP) is 3.14. The summed E-state index contributed by atoms with van der Waals surface area (Å²) in [6.45, 7) is 0.181. The zero-order valence-corrected chi connectivity index (χ0v) is 14.4. The number of hydrogen-bond acceptors (Lipinski definition) is 4. The summed E-state index contributed by atoms with van der Waals surface area (Å²) in [5, 5.41) is 4.52. The zero-order chi connectivity index (χ0) is 16.9. The maximum absolute atomic E-state index is 12.1. The molecule has 0 bridgehead atoms. The lowest BCUT2D eigenvalue weighted by Crippen LogP contribution is -2.22. The van der Waals surface area contributed by atoms with Crippen molar-refractivity contribution in [1.29, 1.82) is 0 Å². The Labute approximate surface area is 141 Å². The van der Waals surface area contributed by atoms with Crippen molar-refractivity contribution in [3.05, 3.63) is 64.7 Å². The monoisotopic (exact) mass is 352 g/mol. The van der Waals surface area contributed by atoms with Gasteiger partial charge in [0.25, 0.3) is 0 Å². The molecule has 5 nitrogen and oxygen atoms in total. The molecule has 2 rings (SSSR count). The normalized spacial score (nSPS) is 12.0. The Morgan fingerprint density at radius 3 is 2.52 bits per heavy atom. The second-order valence-electron chi connectivity index (χ2n) is 4.99. The summed E-state index contributed by atoms with van der Waals surface area (Å²) in [5.41, 5.74) is 1.58. The van der Waals surface area contributed by atoms with Crippen LogP contribution in [0.1, 0.15) is 11.1 Å². The lowest BCUT2D eigenvalue weighted by molar-refractivity contribution is 0.132. The molecule has 0 unspecified atom stereocenters. The van der Waals surface area contributed by atoms with Gasteiger partial charge in [0, 0.05) is 19.1 Å². The van der Waals surface area contributed by atoms with Crippen LogP contribution in [0.2, 0.25) is 5.02 Å². The Morgan fingerprint density at radius 2 is 1.87 bits per heavy atom. The molecule has 0 aliphatic rings. The average Bonchev–Trinajstić information content (AvgIpc) is 2.53. The van der Waals surface area contributed by atoms with Gasteiger partial charge in [-0.3, -0.25) is 0 Å². The van der Waals surface area contributed by atoms with E-state index in [2.05, 4.69) is 5.16 Å². The quantitative estimate of drug-likeness (QED) is 0.592. The van der Waals surface area contributed by atoms with Crippen molar-refractivity contribution in [3.63, 3.8) is 0 Å². The molecule has 0 aliphatic carbocycles. The fraction of sp³-hybridized carbons (Fsp3) is 0.188. The van der Waals surface area contributed by atoms with Gasteiger partial charge in [0.2, 0.25) is 10.0 Å². The first-order valence-electron chi connectivity index (χ1n) is 6.82. The third-order valence-corrected chi connectivity index (χ3v) is 5.12. The van der Waals surface area contributed by atoms with Gasteiger partial charge in [0.15, 0.2) is 0 Å².